The molecule has 0 amide bonds. The molecule has 0 spiro atoms. The summed E-state index contributed by atoms with van der Waals surface area (Å²) in [4.78, 5) is 15.2. The fraction of sp³-hybridized carbons (Fsp3) is 0.750. The van der Waals surface area contributed by atoms with Crippen LogP contribution in [0.4, 0.5) is 0 Å². The topological polar surface area (TPSA) is 68.0 Å². The molecule has 0 radical (unpaired) electrons. The summed E-state index contributed by atoms with van der Waals surface area (Å²) < 4.78 is 0. The van der Waals surface area contributed by atoms with Gasteiger partial charge in [0.05, 0.1) is 5.60 Å². The van der Waals surface area contributed by atoms with Gasteiger partial charge in [-0.1, -0.05) is 26.0 Å². The summed E-state index contributed by atoms with van der Waals surface area (Å²) in [6.07, 6.45) is 10.3. The molecule has 178 valence electrons. The van der Waals surface area contributed by atoms with Crippen molar-refractivity contribution >= 4 is 16.8 Å². The van der Waals surface area contributed by atoms with Crippen LogP contribution in [0.3, 0.4) is 0 Å². The Balaban J connectivity index is 1.21. The van der Waals surface area contributed by atoms with Gasteiger partial charge < -0.3 is 5.11 Å². The summed E-state index contributed by atoms with van der Waals surface area (Å²) >= 11 is 0. The maximum atomic E-state index is 13.5. The van der Waals surface area contributed by atoms with E-state index in [9.17, 15) is 9.90 Å². The van der Waals surface area contributed by atoms with E-state index in [1.54, 1.807) is 4.80 Å². The fourth-order valence-corrected chi connectivity index (χ4v) is 9.18. The highest BCUT2D eigenvalue weighted by atomic mass is 16.3. The van der Waals surface area contributed by atoms with E-state index in [0.29, 0.717) is 29.6 Å². The molecule has 2 aromatic rings. The number of benzene rings is 1. The Bertz CT molecular complexity index is 1040. The molecule has 0 aliphatic heterocycles. The monoisotopic (exact) mass is 449 g/mol. The minimum absolute atomic E-state index is 0.119. The third kappa shape index (κ3) is 3.32. The maximum absolute atomic E-state index is 13.5. The number of nitrogens with zero attached hydrogens (tertiary/aromatic N) is 3. The van der Waals surface area contributed by atoms with Gasteiger partial charge in [0.15, 0.2) is 5.78 Å². The third-order valence-corrected chi connectivity index (χ3v) is 11.0. The zero-order valence-corrected chi connectivity index (χ0v) is 20.5. The van der Waals surface area contributed by atoms with Crippen LogP contribution in [-0.2, 0) is 11.3 Å². The van der Waals surface area contributed by atoms with Gasteiger partial charge in [0, 0.05) is 5.92 Å². The van der Waals surface area contributed by atoms with Gasteiger partial charge in [-0.05, 0) is 111 Å². The molecule has 0 saturated heterocycles. The average molecular weight is 450 g/mol. The first kappa shape index (κ1) is 21.8. The van der Waals surface area contributed by atoms with E-state index in [4.69, 9.17) is 0 Å². The maximum Gasteiger partial charge on any atom is 0.159 e. The number of hydrogen-bond acceptors (Lipinski definition) is 4. The molecular weight excluding hydrogens is 410 g/mol. The van der Waals surface area contributed by atoms with Crippen LogP contribution in [0.5, 0.6) is 0 Å². The summed E-state index contributed by atoms with van der Waals surface area (Å²) in [7, 11) is 0. The molecule has 4 unspecified atom stereocenters. The highest BCUT2D eigenvalue weighted by molar-refractivity contribution is 5.82. The van der Waals surface area contributed by atoms with Gasteiger partial charge in [0.2, 0.25) is 0 Å². The molecule has 1 heterocycles. The Kier molecular flexibility index (Phi) is 4.86. The Labute approximate surface area is 197 Å². The van der Waals surface area contributed by atoms with Crippen LogP contribution >= 0.6 is 0 Å². The third-order valence-electron chi connectivity index (χ3n) is 11.0. The molecule has 4 saturated carbocycles. The van der Waals surface area contributed by atoms with E-state index in [1.165, 1.54) is 32.1 Å². The lowest BCUT2D eigenvalue weighted by molar-refractivity contribution is -0.151. The lowest BCUT2D eigenvalue weighted by Crippen LogP contribution is -2.55. The van der Waals surface area contributed by atoms with Gasteiger partial charge in [0.25, 0.3) is 0 Å². The van der Waals surface area contributed by atoms with Crippen LogP contribution in [0.25, 0.3) is 11.0 Å². The minimum Gasteiger partial charge on any atom is -0.390 e. The van der Waals surface area contributed by atoms with E-state index in [2.05, 4.69) is 24.0 Å². The molecule has 1 aromatic heterocycles. The van der Waals surface area contributed by atoms with Crippen LogP contribution in [0, 0.1) is 40.4 Å². The lowest BCUT2D eigenvalue weighted by Gasteiger charge is -2.61. The van der Waals surface area contributed by atoms with Crippen LogP contribution in [0.1, 0.15) is 78.6 Å². The predicted octanol–water partition coefficient (Wildman–Crippen LogP) is 5.41. The van der Waals surface area contributed by atoms with Crippen molar-refractivity contribution in [3.8, 4) is 0 Å². The quantitative estimate of drug-likeness (QED) is 0.680. The molecule has 4 aliphatic rings. The van der Waals surface area contributed by atoms with Crippen molar-refractivity contribution < 1.29 is 9.90 Å². The number of aliphatic hydroxyl groups is 1. The van der Waals surface area contributed by atoms with Gasteiger partial charge in [0.1, 0.15) is 17.6 Å². The molecule has 5 nitrogen and oxygen atoms in total. The minimum atomic E-state index is -0.476. The van der Waals surface area contributed by atoms with Crippen LogP contribution in [0.2, 0.25) is 0 Å². The Morgan fingerprint density at radius 2 is 1.64 bits per heavy atom. The second kappa shape index (κ2) is 7.37. The Hall–Kier alpha value is -1.75. The lowest BCUT2D eigenvalue weighted by atomic mass is 9.44. The summed E-state index contributed by atoms with van der Waals surface area (Å²) in [5, 5.41) is 19.8. The van der Waals surface area contributed by atoms with Crippen molar-refractivity contribution in [2.45, 2.75) is 90.7 Å². The molecule has 4 aliphatic carbocycles. The highest BCUT2D eigenvalue weighted by Crippen LogP contribution is 2.68. The second-order valence-corrected chi connectivity index (χ2v) is 12.7. The number of aromatic nitrogens is 3. The molecule has 4 fully saturated rings. The fourth-order valence-electron chi connectivity index (χ4n) is 9.18. The van der Waals surface area contributed by atoms with Crippen molar-refractivity contribution in [3.63, 3.8) is 0 Å². The van der Waals surface area contributed by atoms with Crippen molar-refractivity contribution in [1.29, 1.82) is 0 Å². The van der Waals surface area contributed by atoms with Gasteiger partial charge in [-0.15, -0.1) is 0 Å². The summed E-state index contributed by atoms with van der Waals surface area (Å²) in [6, 6.07) is 7.84. The normalized spacial score (nSPS) is 44.8. The van der Waals surface area contributed by atoms with Gasteiger partial charge in [-0.25, -0.2) is 0 Å². The number of Topliss-reactive ketones (excluding diaryl/α,β-unsaturated/α-hetero) is 1. The van der Waals surface area contributed by atoms with Crippen molar-refractivity contribution in [1.82, 2.24) is 15.0 Å². The van der Waals surface area contributed by atoms with Crippen LogP contribution in [0.15, 0.2) is 24.3 Å². The van der Waals surface area contributed by atoms with E-state index in [0.717, 1.165) is 48.6 Å². The van der Waals surface area contributed by atoms with Crippen molar-refractivity contribution in [2.24, 2.45) is 40.4 Å². The molecule has 1 N–H and O–H groups in total. The van der Waals surface area contributed by atoms with Crippen molar-refractivity contribution in [3.05, 3.63) is 24.3 Å². The molecule has 0 bridgehead atoms. The first-order chi connectivity index (χ1) is 15.7. The van der Waals surface area contributed by atoms with Crippen molar-refractivity contribution in [2.75, 3.05) is 0 Å². The number of hydrogen-bond donors (Lipinski definition) is 1. The first-order valence-electron chi connectivity index (χ1n) is 13.2. The Morgan fingerprint density at radius 3 is 2.36 bits per heavy atom. The second-order valence-electron chi connectivity index (χ2n) is 12.7. The van der Waals surface area contributed by atoms with Gasteiger partial charge >= 0.3 is 0 Å². The first-order valence-corrected chi connectivity index (χ1v) is 13.2. The molecule has 33 heavy (non-hydrogen) atoms. The van der Waals surface area contributed by atoms with Gasteiger partial charge in [-0.3, -0.25) is 4.79 Å². The largest absolute Gasteiger partial charge is 0.390 e. The number of fused-ring (bicyclic) bond motifs is 6. The number of carbonyl (C=O) groups is 1. The van der Waals surface area contributed by atoms with Crippen LogP contribution in [-0.4, -0.2) is 31.5 Å². The van der Waals surface area contributed by atoms with E-state index < -0.39 is 5.60 Å². The predicted molar refractivity (Wildman–Crippen MR) is 128 cm³/mol. The van der Waals surface area contributed by atoms with E-state index >= 15 is 0 Å². The summed E-state index contributed by atoms with van der Waals surface area (Å²) in [6.45, 7) is 7.31. The Morgan fingerprint density at radius 1 is 0.939 bits per heavy atom. The molecular formula is C28H39N3O2. The van der Waals surface area contributed by atoms with Crippen LogP contribution < -0.4 is 0 Å². The SMILES string of the molecule is CC12CCC3C(CC[C@H]4C[C@](C)(O)CC[C@@]34C)[C@@H]1CCC2C(=O)Cn1nc2ccccc2n1. The van der Waals surface area contributed by atoms with Gasteiger partial charge in [-0.2, -0.15) is 15.0 Å². The summed E-state index contributed by atoms with van der Waals surface area (Å²) in [5.74, 6) is 3.29. The zero-order valence-electron chi connectivity index (χ0n) is 20.5. The number of carbonyl (C=O) groups excluding carboxylic acids is 1. The molecule has 1 aromatic carbocycles. The van der Waals surface area contributed by atoms with E-state index in [1.807, 2.05) is 31.2 Å². The molecule has 6 rings (SSSR count). The number of ketones is 1. The number of rotatable bonds is 3. The average Bonchev–Trinajstić information content (AvgIpc) is 3.34. The smallest absolute Gasteiger partial charge is 0.159 e. The highest BCUT2D eigenvalue weighted by Gasteiger charge is 2.61. The summed E-state index contributed by atoms with van der Waals surface area (Å²) in [5.41, 5.74) is 1.73. The van der Waals surface area contributed by atoms with E-state index in [-0.39, 0.29) is 11.3 Å². The molecule has 8 atom stereocenters. The zero-order chi connectivity index (χ0) is 23.0. The molecule has 5 heteroatoms. The standard InChI is InChI=1S/C28H39N3O2/c1-26(33)14-15-27(2)18(16-26)8-9-19-20-10-11-22(28(20,3)13-12-21(19)27)25(32)17-31-29-23-6-4-5-7-24(23)30-31/h4-7,18-22,33H,8-17H2,1-3H3/t18-,19?,20-,21?,22?,26+,27+,28?/m0/s1.